The van der Waals surface area contributed by atoms with Gasteiger partial charge in [0.2, 0.25) is 5.91 Å². The van der Waals surface area contributed by atoms with E-state index in [4.69, 9.17) is 19.1 Å². The lowest BCUT2D eigenvalue weighted by molar-refractivity contribution is -0.114. The van der Waals surface area contributed by atoms with Crippen molar-refractivity contribution in [2.45, 2.75) is 6.92 Å². The van der Waals surface area contributed by atoms with Gasteiger partial charge in [0.15, 0.2) is 5.82 Å². The van der Waals surface area contributed by atoms with Crippen LogP contribution in [0.4, 0.5) is 32.1 Å². The number of halogens is 1. The number of hydrogen-bond donors (Lipinski definition) is 3. The number of nitrogens with zero attached hydrogens (tertiary/aromatic N) is 3. The number of morpholine rings is 1. The first kappa shape index (κ1) is 26.9. The van der Waals surface area contributed by atoms with Crippen molar-refractivity contribution in [1.82, 2.24) is 9.97 Å². The van der Waals surface area contributed by atoms with E-state index in [2.05, 4.69) is 20.9 Å². The summed E-state index contributed by atoms with van der Waals surface area (Å²) in [7, 11) is 0. The number of aromatic nitrogens is 2. The lowest BCUT2D eigenvalue weighted by atomic mass is 10.1. The molecule has 1 aliphatic rings. The molecule has 42 heavy (non-hydrogen) atoms. The van der Waals surface area contributed by atoms with E-state index in [-0.39, 0.29) is 23.0 Å². The summed E-state index contributed by atoms with van der Waals surface area (Å²) in [5, 5.41) is 8.83. The first-order valence-electron chi connectivity index (χ1n) is 13.4. The fraction of sp³-hybridized carbons (Fsp3) is 0.161. The Morgan fingerprint density at radius 3 is 2.26 bits per heavy atom. The Labute approximate surface area is 240 Å². The molecule has 0 unspecified atom stereocenters. The van der Waals surface area contributed by atoms with Crippen LogP contribution in [0, 0.1) is 5.82 Å². The van der Waals surface area contributed by atoms with Crippen molar-refractivity contribution in [1.29, 1.82) is 0 Å². The van der Waals surface area contributed by atoms with Crippen molar-refractivity contribution < 1.29 is 23.1 Å². The van der Waals surface area contributed by atoms with E-state index in [0.717, 1.165) is 10.9 Å². The second-order valence-electron chi connectivity index (χ2n) is 9.71. The topological polar surface area (TPSA) is 122 Å². The average molecular weight is 567 g/mol. The van der Waals surface area contributed by atoms with Crippen molar-refractivity contribution in [2.75, 3.05) is 47.2 Å². The van der Waals surface area contributed by atoms with E-state index in [1.807, 2.05) is 30.3 Å². The fourth-order valence-electron chi connectivity index (χ4n) is 4.75. The van der Waals surface area contributed by atoms with Crippen LogP contribution in [0.3, 0.4) is 0 Å². The van der Waals surface area contributed by atoms with Gasteiger partial charge in [-0.1, -0.05) is 6.07 Å². The number of hydrogen-bond acceptors (Lipinski definition) is 7. The Hall–Kier alpha value is -5.29. The number of rotatable bonds is 6. The van der Waals surface area contributed by atoms with Crippen molar-refractivity contribution in [3.8, 4) is 22.7 Å². The summed E-state index contributed by atoms with van der Waals surface area (Å²) in [6.07, 6.45) is 1.61. The Morgan fingerprint density at radius 2 is 1.57 bits per heavy atom. The monoisotopic (exact) mass is 566 g/mol. The summed E-state index contributed by atoms with van der Waals surface area (Å²) in [6, 6.07) is 20.0. The molecule has 0 aliphatic carbocycles. The van der Waals surface area contributed by atoms with Gasteiger partial charge in [-0.25, -0.2) is 19.2 Å². The highest BCUT2D eigenvalue weighted by molar-refractivity contribution is 6.00. The minimum Gasteiger partial charge on any atom is -0.464 e. The number of anilines is 4. The standard InChI is InChI=1S/C31H27FN6O4/c1-19(39)33-21-5-7-22(8-6-21)34-31(40)35-23-9-11-24(26(32)18-23)29-36-27-17-20(28-3-2-14-42-28)4-10-25(27)30(37-29)38-12-15-41-16-13-38/h2-11,14,17-18H,12-13,15-16H2,1H3,(H,33,39)(H2,34,35,40). The molecule has 3 aromatic carbocycles. The van der Waals surface area contributed by atoms with Crippen LogP contribution >= 0.6 is 0 Å². The van der Waals surface area contributed by atoms with Crippen molar-refractivity contribution >= 4 is 45.7 Å². The van der Waals surface area contributed by atoms with Crippen LogP contribution in [0.25, 0.3) is 33.6 Å². The van der Waals surface area contributed by atoms with Gasteiger partial charge in [-0.05, 0) is 66.7 Å². The highest BCUT2D eigenvalue weighted by atomic mass is 19.1. The van der Waals surface area contributed by atoms with Crippen LogP contribution in [0.15, 0.2) is 83.5 Å². The molecule has 6 rings (SSSR count). The van der Waals surface area contributed by atoms with E-state index in [9.17, 15) is 9.59 Å². The molecule has 11 heteroatoms. The minimum atomic E-state index is -0.582. The molecule has 3 heterocycles. The number of carbonyl (C=O) groups excluding carboxylic acids is 2. The number of ether oxygens (including phenoxy) is 1. The quantitative estimate of drug-likeness (QED) is 0.226. The summed E-state index contributed by atoms with van der Waals surface area (Å²) >= 11 is 0. The van der Waals surface area contributed by atoms with E-state index < -0.39 is 11.8 Å². The van der Waals surface area contributed by atoms with E-state index >= 15 is 4.39 Å². The Bertz CT molecular complexity index is 1750. The number of fused-ring (bicyclic) bond motifs is 1. The first-order chi connectivity index (χ1) is 20.4. The molecule has 1 aliphatic heterocycles. The number of furan rings is 1. The molecule has 0 radical (unpaired) electrons. The largest absolute Gasteiger partial charge is 0.464 e. The molecule has 0 spiro atoms. The molecule has 212 valence electrons. The van der Waals surface area contributed by atoms with Crippen molar-refractivity contribution in [3.63, 3.8) is 0 Å². The molecular formula is C31H27FN6O4. The van der Waals surface area contributed by atoms with Crippen LogP contribution < -0.4 is 20.9 Å². The number of urea groups is 1. The maximum Gasteiger partial charge on any atom is 0.323 e. The van der Waals surface area contributed by atoms with Crippen LogP contribution in [0.5, 0.6) is 0 Å². The average Bonchev–Trinajstić information content (AvgIpc) is 3.53. The second kappa shape index (κ2) is 11.7. The van der Waals surface area contributed by atoms with Crippen LogP contribution in [-0.4, -0.2) is 48.2 Å². The van der Waals surface area contributed by atoms with Gasteiger partial charge in [0.05, 0.1) is 30.6 Å². The van der Waals surface area contributed by atoms with Gasteiger partial charge in [0.1, 0.15) is 17.4 Å². The molecule has 3 amide bonds. The molecule has 2 aromatic heterocycles. The number of nitrogens with one attached hydrogen (secondary N) is 3. The number of carbonyl (C=O) groups is 2. The zero-order chi connectivity index (χ0) is 29.1. The lowest BCUT2D eigenvalue weighted by Gasteiger charge is -2.29. The normalized spacial score (nSPS) is 13.1. The molecule has 10 nitrogen and oxygen atoms in total. The molecule has 0 atom stereocenters. The van der Waals surface area contributed by atoms with Gasteiger partial charge in [0.25, 0.3) is 0 Å². The molecule has 0 saturated carbocycles. The number of amides is 3. The predicted molar refractivity (Wildman–Crippen MR) is 159 cm³/mol. The molecule has 1 fully saturated rings. The summed E-state index contributed by atoms with van der Waals surface area (Å²) < 4.78 is 26.6. The first-order valence-corrected chi connectivity index (χ1v) is 13.4. The van der Waals surface area contributed by atoms with Gasteiger partial charge in [0, 0.05) is 48.0 Å². The van der Waals surface area contributed by atoms with Crippen LogP contribution in [0.2, 0.25) is 0 Å². The van der Waals surface area contributed by atoms with Gasteiger partial charge < -0.3 is 30.0 Å². The maximum absolute atomic E-state index is 15.5. The molecular weight excluding hydrogens is 539 g/mol. The van der Waals surface area contributed by atoms with Crippen molar-refractivity contribution in [3.05, 3.63) is 84.9 Å². The zero-order valence-electron chi connectivity index (χ0n) is 22.7. The van der Waals surface area contributed by atoms with Crippen molar-refractivity contribution in [2.24, 2.45) is 0 Å². The fourth-order valence-corrected chi connectivity index (χ4v) is 4.75. The van der Waals surface area contributed by atoms with Gasteiger partial charge >= 0.3 is 6.03 Å². The van der Waals surface area contributed by atoms with Gasteiger partial charge in [-0.3, -0.25) is 4.79 Å². The SMILES string of the molecule is CC(=O)Nc1ccc(NC(=O)Nc2ccc(-c3nc(N4CCOCC4)c4ccc(-c5ccco5)cc4n3)c(F)c2)cc1. The maximum atomic E-state index is 15.5. The zero-order valence-corrected chi connectivity index (χ0v) is 22.7. The van der Waals surface area contributed by atoms with E-state index in [0.29, 0.717) is 54.8 Å². The third kappa shape index (κ3) is 5.91. The van der Waals surface area contributed by atoms with Gasteiger partial charge in [-0.2, -0.15) is 0 Å². The highest BCUT2D eigenvalue weighted by Crippen LogP contribution is 2.33. The lowest BCUT2D eigenvalue weighted by Crippen LogP contribution is -2.37. The van der Waals surface area contributed by atoms with E-state index in [1.165, 1.54) is 13.0 Å². The molecule has 5 aromatic rings. The van der Waals surface area contributed by atoms with Crippen LogP contribution in [-0.2, 0) is 9.53 Å². The molecule has 1 saturated heterocycles. The summed E-state index contributed by atoms with van der Waals surface area (Å²) in [5.41, 5.74) is 3.08. The Morgan fingerprint density at radius 1 is 0.857 bits per heavy atom. The Balaban J connectivity index is 1.27. The second-order valence-corrected chi connectivity index (χ2v) is 9.71. The molecule has 3 N–H and O–H groups in total. The summed E-state index contributed by atoms with van der Waals surface area (Å²) in [4.78, 5) is 35.4. The van der Waals surface area contributed by atoms with E-state index in [1.54, 1.807) is 42.7 Å². The predicted octanol–water partition coefficient (Wildman–Crippen LogP) is 6.13. The number of benzene rings is 3. The minimum absolute atomic E-state index is 0.191. The third-order valence-corrected chi connectivity index (χ3v) is 6.72. The summed E-state index contributed by atoms with van der Waals surface area (Å²) in [6.45, 7) is 3.87. The molecule has 0 bridgehead atoms. The third-order valence-electron chi connectivity index (χ3n) is 6.72. The van der Waals surface area contributed by atoms with Gasteiger partial charge in [-0.15, -0.1) is 0 Å². The highest BCUT2D eigenvalue weighted by Gasteiger charge is 2.20. The Kier molecular flexibility index (Phi) is 7.48. The smallest absolute Gasteiger partial charge is 0.323 e. The summed E-state index contributed by atoms with van der Waals surface area (Å²) in [5.74, 6) is 0.863. The van der Waals surface area contributed by atoms with Crippen LogP contribution in [0.1, 0.15) is 6.92 Å².